The van der Waals surface area contributed by atoms with Crippen LogP contribution < -0.4 is 0 Å². The predicted octanol–water partition coefficient (Wildman–Crippen LogP) is 6.78. The van der Waals surface area contributed by atoms with Crippen LogP contribution in [0.2, 0.25) is 25.7 Å². The Morgan fingerprint density at radius 3 is 2.56 bits per heavy atom. The Balaban J connectivity index is 1.78. The zero-order valence-corrected chi connectivity index (χ0v) is 26.6. The molecule has 39 heavy (non-hydrogen) atoms. The van der Waals surface area contributed by atoms with Crippen molar-refractivity contribution >= 4 is 30.1 Å². The summed E-state index contributed by atoms with van der Waals surface area (Å²) in [6.45, 7) is 15.4. The molecular formula is C29H42BrN3O5Si. The molecule has 2 atom stereocenters. The normalized spacial score (nSPS) is 21.2. The molecule has 1 aromatic carbocycles. The molecule has 0 aliphatic carbocycles. The maximum absolute atomic E-state index is 13.4. The average molecular weight is 621 g/mol. The van der Waals surface area contributed by atoms with E-state index in [4.69, 9.17) is 23.9 Å². The van der Waals surface area contributed by atoms with E-state index in [0.717, 1.165) is 33.3 Å². The van der Waals surface area contributed by atoms with Crippen LogP contribution in [-0.2, 0) is 32.3 Å². The summed E-state index contributed by atoms with van der Waals surface area (Å²) in [4.78, 5) is 20.4. The minimum Gasteiger partial charge on any atom is -0.444 e. The second kappa shape index (κ2) is 12.7. The molecule has 10 heteroatoms. The van der Waals surface area contributed by atoms with Crippen LogP contribution in [0.1, 0.15) is 44.8 Å². The van der Waals surface area contributed by atoms with Crippen molar-refractivity contribution in [3.63, 3.8) is 0 Å². The monoisotopic (exact) mass is 619 g/mol. The van der Waals surface area contributed by atoms with Crippen LogP contribution in [0.3, 0.4) is 0 Å². The Morgan fingerprint density at radius 1 is 1.15 bits per heavy atom. The first-order chi connectivity index (χ1) is 18.4. The van der Waals surface area contributed by atoms with Crippen LogP contribution in [0.25, 0.3) is 11.3 Å². The molecule has 3 heterocycles. The fraction of sp³-hybridized carbons (Fsp3) is 0.586. The number of amides is 1. The van der Waals surface area contributed by atoms with Crippen LogP contribution >= 0.6 is 15.9 Å². The summed E-state index contributed by atoms with van der Waals surface area (Å²) >= 11 is 3.54. The van der Waals surface area contributed by atoms with E-state index >= 15 is 0 Å². The third kappa shape index (κ3) is 8.26. The van der Waals surface area contributed by atoms with Crippen molar-refractivity contribution in [3.8, 4) is 11.3 Å². The van der Waals surface area contributed by atoms with Gasteiger partial charge in [-0.15, -0.1) is 0 Å². The number of carbonyl (C=O) groups is 1. The molecule has 0 N–H and O–H groups in total. The highest BCUT2D eigenvalue weighted by Gasteiger charge is 2.42. The van der Waals surface area contributed by atoms with E-state index in [2.05, 4.69) is 40.1 Å². The molecule has 4 bridgehead atoms. The van der Waals surface area contributed by atoms with E-state index in [9.17, 15) is 4.79 Å². The van der Waals surface area contributed by atoms with Gasteiger partial charge >= 0.3 is 6.09 Å². The first-order valence-electron chi connectivity index (χ1n) is 13.7. The molecule has 0 saturated carbocycles. The van der Waals surface area contributed by atoms with Gasteiger partial charge in [0, 0.05) is 31.1 Å². The lowest BCUT2D eigenvalue weighted by molar-refractivity contribution is 0.0164. The van der Waals surface area contributed by atoms with Gasteiger partial charge < -0.3 is 23.5 Å². The fourth-order valence-corrected chi connectivity index (χ4v) is 5.68. The molecule has 2 aliphatic heterocycles. The van der Waals surface area contributed by atoms with Gasteiger partial charge in [0.25, 0.3) is 0 Å². The third-order valence-corrected chi connectivity index (χ3v) is 8.91. The minimum absolute atomic E-state index is 0.133. The Hall–Kier alpha value is -1.98. The molecule has 0 spiro atoms. The minimum atomic E-state index is -1.26. The molecule has 0 radical (unpaired) electrons. The van der Waals surface area contributed by atoms with Crippen molar-refractivity contribution in [1.82, 2.24) is 14.5 Å². The zero-order valence-electron chi connectivity index (χ0n) is 24.0. The van der Waals surface area contributed by atoms with Gasteiger partial charge in [0.15, 0.2) is 0 Å². The molecule has 1 aromatic heterocycles. The highest BCUT2D eigenvalue weighted by atomic mass is 79.9. The highest BCUT2D eigenvalue weighted by Crippen LogP contribution is 2.38. The Kier molecular flexibility index (Phi) is 9.75. The summed E-state index contributed by atoms with van der Waals surface area (Å²) in [5.41, 5.74) is 2.14. The van der Waals surface area contributed by atoms with E-state index in [1.165, 1.54) is 0 Å². The van der Waals surface area contributed by atoms with Crippen LogP contribution in [0, 0.1) is 0 Å². The molecule has 2 aliphatic rings. The number of rotatable bonds is 6. The lowest BCUT2D eigenvalue weighted by Crippen LogP contribution is -2.38. The Bertz CT molecular complexity index is 1150. The number of halogens is 1. The number of ether oxygens (including phenoxy) is 4. The first kappa shape index (κ1) is 30.0. The average Bonchev–Trinajstić information content (AvgIpc) is 3.41. The van der Waals surface area contributed by atoms with Crippen LogP contribution in [0.15, 0.2) is 40.9 Å². The summed E-state index contributed by atoms with van der Waals surface area (Å²) in [5.74, 6) is 0.767. The molecule has 8 nitrogen and oxygen atoms in total. The fourth-order valence-electron chi connectivity index (χ4n) is 4.66. The van der Waals surface area contributed by atoms with Gasteiger partial charge in [0.05, 0.1) is 49.9 Å². The van der Waals surface area contributed by atoms with Gasteiger partial charge in [-0.25, -0.2) is 9.78 Å². The summed E-state index contributed by atoms with van der Waals surface area (Å²) < 4.78 is 27.4. The summed E-state index contributed by atoms with van der Waals surface area (Å²) in [7, 11) is -1.26. The topological polar surface area (TPSA) is 75.1 Å². The molecule has 4 rings (SSSR count). The molecule has 1 fully saturated rings. The Labute approximate surface area is 241 Å². The SMILES string of the molecule is CC(C)(C)OC(=O)N1CC2CC1c1nc(-c3ccc(Br)cc3)c(n1COCC[Si](C)(C)C)COC/C=C\CO2. The van der Waals surface area contributed by atoms with Gasteiger partial charge in [0.1, 0.15) is 18.2 Å². The maximum atomic E-state index is 13.4. The number of carbonyl (C=O) groups excluding carboxylic acids is 1. The van der Waals surface area contributed by atoms with Crippen molar-refractivity contribution in [2.75, 3.05) is 26.4 Å². The highest BCUT2D eigenvalue weighted by molar-refractivity contribution is 9.10. The van der Waals surface area contributed by atoms with Gasteiger partial charge in [-0.2, -0.15) is 0 Å². The van der Waals surface area contributed by atoms with E-state index in [-0.39, 0.29) is 18.2 Å². The van der Waals surface area contributed by atoms with Crippen LogP contribution in [-0.4, -0.2) is 66.7 Å². The number of aromatic nitrogens is 2. The number of benzene rings is 1. The molecule has 214 valence electrons. The summed E-state index contributed by atoms with van der Waals surface area (Å²) in [6, 6.07) is 8.86. The molecular weight excluding hydrogens is 578 g/mol. The molecule has 1 amide bonds. The van der Waals surface area contributed by atoms with Gasteiger partial charge in [-0.3, -0.25) is 4.90 Å². The predicted molar refractivity (Wildman–Crippen MR) is 158 cm³/mol. The largest absolute Gasteiger partial charge is 0.444 e. The number of nitrogens with zero attached hydrogens (tertiary/aromatic N) is 3. The van der Waals surface area contributed by atoms with Crippen molar-refractivity contribution in [2.24, 2.45) is 0 Å². The van der Waals surface area contributed by atoms with Crippen LogP contribution in [0.4, 0.5) is 4.79 Å². The number of hydrogen-bond acceptors (Lipinski definition) is 6. The van der Waals surface area contributed by atoms with E-state index < -0.39 is 13.7 Å². The quantitative estimate of drug-likeness (QED) is 0.202. The molecule has 2 aromatic rings. The smallest absolute Gasteiger partial charge is 0.411 e. The van der Waals surface area contributed by atoms with E-state index in [1.54, 1.807) is 4.90 Å². The number of imidazole rings is 1. The summed E-state index contributed by atoms with van der Waals surface area (Å²) in [5, 5.41) is 0. The lowest BCUT2D eigenvalue weighted by Gasteiger charge is -2.28. The van der Waals surface area contributed by atoms with E-state index in [1.807, 2.05) is 57.2 Å². The van der Waals surface area contributed by atoms with Gasteiger partial charge in [0.2, 0.25) is 0 Å². The zero-order chi connectivity index (χ0) is 28.2. The molecule has 2 unspecified atom stereocenters. The second-order valence-corrected chi connectivity index (χ2v) is 18.9. The first-order valence-corrected chi connectivity index (χ1v) is 18.2. The summed E-state index contributed by atoms with van der Waals surface area (Å²) in [6.07, 6.45) is 4.07. The number of fused-ring (bicyclic) bond motifs is 5. The van der Waals surface area contributed by atoms with E-state index in [0.29, 0.717) is 46.1 Å². The Morgan fingerprint density at radius 2 is 1.87 bits per heavy atom. The van der Waals surface area contributed by atoms with Crippen molar-refractivity contribution in [2.45, 2.75) is 84.0 Å². The van der Waals surface area contributed by atoms with Crippen molar-refractivity contribution in [3.05, 3.63) is 52.4 Å². The number of hydrogen-bond donors (Lipinski definition) is 0. The number of likely N-dealkylation sites (tertiary alicyclic amines) is 1. The van der Waals surface area contributed by atoms with Crippen molar-refractivity contribution in [1.29, 1.82) is 0 Å². The van der Waals surface area contributed by atoms with Gasteiger partial charge in [-0.05, 0) is 38.9 Å². The second-order valence-electron chi connectivity index (χ2n) is 12.4. The lowest BCUT2D eigenvalue weighted by atomic mass is 10.1. The third-order valence-electron chi connectivity index (χ3n) is 6.67. The van der Waals surface area contributed by atoms with Crippen LogP contribution in [0.5, 0.6) is 0 Å². The standard InChI is InChI=1S/C29H42BrN3O5Si/c1-29(2,3)38-28(34)32-18-23-17-24(32)27-31-26(21-9-11-22(30)12-10-21)25(19-35-13-7-8-14-37-23)33(27)20-36-15-16-39(4,5)6/h7-12,23-24H,13-20H2,1-6H3/b8-7-. The van der Waals surface area contributed by atoms with Crippen molar-refractivity contribution < 1.29 is 23.7 Å². The molecule has 1 saturated heterocycles. The maximum Gasteiger partial charge on any atom is 0.411 e. The van der Waals surface area contributed by atoms with Gasteiger partial charge in [-0.1, -0.05) is 59.9 Å².